The topological polar surface area (TPSA) is 82.3 Å². The number of aromatic nitrogens is 1. The SMILES string of the molecule is CC(=O)c1c(C)[nH]c(C(=O)NCCC(=O)N2CCCC2)c1C. The molecule has 1 aliphatic rings. The molecule has 1 saturated heterocycles. The van der Waals surface area contributed by atoms with Crippen LogP contribution in [-0.4, -0.2) is 47.1 Å². The standard InChI is InChI=1S/C16H23N3O3/c1-10-14(12(3)20)11(2)18-15(10)16(22)17-7-6-13(21)19-8-4-5-9-19/h18H,4-9H2,1-3H3,(H,17,22). The quantitative estimate of drug-likeness (QED) is 0.810. The third-order valence-electron chi connectivity index (χ3n) is 4.10. The van der Waals surface area contributed by atoms with Gasteiger partial charge < -0.3 is 15.2 Å². The molecule has 1 aromatic heterocycles. The first-order chi connectivity index (χ1) is 10.4. The summed E-state index contributed by atoms with van der Waals surface area (Å²) in [5.41, 5.74) is 2.33. The monoisotopic (exact) mass is 305 g/mol. The Hall–Kier alpha value is -2.11. The molecule has 0 spiro atoms. The van der Waals surface area contributed by atoms with Crippen molar-refractivity contribution in [3.05, 3.63) is 22.5 Å². The number of aryl methyl sites for hydroxylation is 1. The van der Waals surface area contributed by atoms with E-state index in [1.807, 2.05) is 4.90 Å². The molecule has 120 valence electrons. The highest BCUT2D eigenvalue weighted by atomic mass is 16.2. The number of Topliss-reactive ketones (excluding diaryl/α,β-unsaturated/α-hetero) is 1. The minimum Gasteiger partial charge on any atom is -0.354 e. The summed E-state index contributed by atoms with van der Waals surface area (Å²) in [4.78, 5) is 40.4. The number of H-pyrrole nitrogens is 1. The minimum absolute atomic E-state index is 0.0606. The third-order valence-corrected chi connectivity index (χ3v) is 4.10. The number of nitrogens with one attached hydrogen (secondary N) is 2. The maximum Gasteiger partial charge on any atom is 0.268 e. The van der Waals surface area contributed by atoms with Crippen LogP contribution in [0.5, 0.6) is 0 Å². The minimum atomic E-state index is -0.276. The number of hydrogen-bond donors (Lipinski definition) is 2. The Kier molecular flexibility index (Phi) is 5.00. The molecule has 0 atom stereocenters. The Labute approximate surface area is 130 Å². The highest BCUT2D eigenvalue weighted by molar-refractivity contribution is 6.02. The van der Waals surface area contributed by atoms with Crippen LogP contribution in [0, 0.1) is 13.8 Å². The lowest BCUT2D eigenvalue weighted by Crippen LogP contribution is -2.33. The van der Waals surface area contributed by atoms with E-state index in [1.54, 1.807) is 13.8 Å². The molecular formula is C16H23N3O3. The molecule has 1 aromatic rings. The van der Waals surface area contributed by atoms with Gasteiger partial charge in [0.05, 0.1) is 0 Å². The fourth-order valence-corrected chi connectivity index (χ4v) is 3.00. The van der Waals surface area contributed by atoms with Gasteiger partial charge in [0.1, 0.15) is 5.69 Å². The highest BCUT2D eigenvalue weighted by Crippen LogP contribution is 2.18. The molecule has 6 nitrogen and oxygen atoms in total. The maximum atomic E-state index is 12.2. The van der Waals surface area contributed by atoms with E-state index in [4.69, 9.17) is 0 Å². The first-order valence-electron chi connectivity index (χ1n) is 7.68. The summed E-state index contributed by atoms with van der Waals surface area (Å²) in [5.74, 6) is -0.251. The lowest BCUT2D eigenvalue weighted by molar-refractivity contribution is -0.129. The molecule has 2 amide bonds. The average Bonchev–Trinajstić information content (AvgIpc) is 3.06. The van der Waals surface area contributed by atoms with Crippen molar-refractivity contribution in [1.82, 2.24) is 15.2 Å². The first-order valence-corrected chi connectivity index (χ1v) is 7.68. The molecule has 0 unspecified atom stereocenters. The van der Waals surface area contributed by atoms with Gasteiger partial charge in [-0.25, -0.2) is 0 Å². The number of amides is 2. The number of ketones is 1. The lowest BCUT2D eigenvalue weighted by Gasteiger charge is -2.15. The zero-order chi connectivity index (χ0) is 16.3. The molecule has 2 rings (SSSR count). The van der Waals surface area contributed by atoms with Gasteiger partial charge >= 0.3 is 0 Å². The average molecular weight is 305 g/mol. The molecular weight excluding hydrogens is 282 g/mol. The van der Waals surface area contributed by atoms with Gasteiger partial charge in [-0.3, -0.25) is 14.4 Å². The van der Waals surface area contributed by atoms with E-state index >= 15 is 0 Å². The molecule has 1 aliphatic heterocycles. The van der Waals surface area contributed by atoms with E-state index in [9.17, 15) is 14.4 Å². The van der Waals surface area contributed by atoms with Crippen LogP contribution < -0.4 is 5.32 Å². The summed E-state index contributed by atoms with van der Waals surface area (Å²) in [7, 11) is 0. The summed E-state index contributed by atoms with van der Waals surface area (Å²) in [6.45, 7) is 6.97. The first kappa shape index (κ1) is 16.3. The van der Waals surface area contributed by atoms with Gasteiger partial charge in [-0.05, 0) is 39.2 Å². The molecule has 2 N–H and O–H groups in total. The predicted molar refractivity (Wildman–Crippen MR) is 83.0 cm³/mol. The van der Waals surface area contributed by atoms with E-state index in [-0.39, 0.29) is 17.6 Å². The summed E-state index contributed by atoms with van der Waals surface area (Å²) in [5, 5.41) is 2.74. The number of nitrogens with zero attached hydrogens (tertiary/aromatic N) is 1. The summed E-state index contributed by atoms with van der Waals surface area (Å²) in [6.07, 6.45) is 2.43. The Morgan fingerprint density at radius 1 is 1.18 bits per heavy atom. The third kappa shape index (κ3) is 3.37. The van der Waals surface area contributed by atoms with Crippen LogP contribution in [0.3, 0.4) is 0 Å². The molecule has 6 heteroatoms. The van der Waals surface area contributed by atoms with Crippen molar-refractivity contribution < 1.29 is 14.4 Å². The van der Waals surface area contributed by atoms with E-state index < -0.39 is 0 Å². The Morgan fingerprint density at radius 3 is 2.36 bits per heavy atom. The second-order valence-corrected chi connectivity index (χ2v) is 5.77. The zero-order valence-electron chi connectivity index (χ0n) is 13.4. The molecule has 0 bridgehead atoms. The number of carbonyl (C=O) groups excluding carboxylic acids is 3. The molecule has 2 heterocycles. The van der Waals surface area contributed by atoms with Crippen molar-refractivity contribution in [2.24, 2.45) is 0 Å². The van der Waals surface area contributed by atoms with Crippen molar-refractivity contribution in [3.63, 3.8) is 0 Å². The van der Waals surface area contributed by atoms with Crippen LogP contribution in [0.15, 0.2) is 0 Å². The molecule has 1 fully saturated rings. The Bertz CT molecular complexity index is 598. The Morgan fingerprint density at radius 2 is 1.82 bits per heavy atom. The van der Waals surface area contributed by atoms with Gasteiger partial charge in [0, 0.05) is 37.3 Å². The summed E-state index contributed by atoms with van der Waals surface area (Å²) >= 11 is 0. The fraction of sp³-hybridized carbons (Fsp3) is 0.562. The number of hydrogen-bond acceptors (Lipinski definition) is 3. The van der Waals surface area contributed by atoms with Crippen LogP contribution in [-0.2, 0) is 4.79 Å². The second kappa shape index (κ2) is 6.77. The zero-order valence-corrected chi connectivity index (χ0v) is 13.4. The van der Waals surface area contributed by atoms with E-state index in [1.165, 1.54) is 6.92 Å². The van der Waals surface area contributed by atoms with Gasteiger partial charge in [0.2, 0.25) is 5.91 Å². The van der Waals surface area contributed by atoms with Gasteiger partial charge in [-0.1, -0.05) is 0 Å². The lowest BCUT2D eigenvalue weighted by atomic mass is 10.1. The predicted octanol–water partition coefficient (Wildman–Crippen LogP) is 1.58. The van der Waals surface area contributed by atoms with Crippen LogP contribution in [0.25, 0.3) is 0 Å². The van der Waals surface area contributed by atoms with Gasteiger partial charge in [-0.15, -0.1) is 0 Å². The van der Waals surface area contributed by atoms with Crippen molar-refractivity contribution in [3.8, 4) is 0 Å². The van der Waals surface area contributed by atoms with Crippen molar-refractivity contribution in [2.75, 3.05) is 19.6 Å². The fourth-order valence-electron chi connectivity index (χ4n) is 3.00. The van der Waals surface area contributed by atoms with Crippen LogP contribution in [0.2, 0.25) is 0 Å². The summed E-state index contributed by atoms with van der Waals surface area (Å²) < 4.78 is 0. The molecule has 0 aromatic carbocycles. The number of carbonyl (C=O) groups is 3. The van der Waals surface area contributed by atoms with Gasteiger partial charge in [-0.2, -0.15) is 0 Å². The Balaban J connectivity index is 1.91. The number of rotatable bonds is 5. The van der Waals surface area contributed by atoms with Crippen LogP contribution in [0.4, 0.5) is 0 Å². The van der Waals surface area contributed by atoms with Crippen molar-refractivity contribution in [1.29, 1.82) is 0 Å². The molecule has 22 heavy (non-hydrogen) atoms. The van der Waals surface area contributed by atoms with Crippen LogP contribution in [0.1, 0.15) is 58.3 Å². The van der Waals surface area contributed by atoms with E-state index in [0.717, 1.165) is 25.9 Å². The number of likely N-dealkylation sites (tertiary alicyclic amines) is 1. The van der Waals surface area contributed by atoms with Gasteiger partial charge in [0.25, 0.3) is 5.91 Å². The van der Waals surface area contributed by atoms with Crippen LogP contribution >= 0.6 is 0 Å². The molecule has 0 saturated carbocycles. The van der Waals surface area contributed by atoms with Crippen molar-refractivity contribution >= 4 is 17.6 Å². The largest absolute Gasteiger partial charge is 0.354 e. The molecule has 0 aliphatic carbocycles. The van der Waals surface area contributed by atoms with Crippen molar-refractivity contribution in [2.45, 2.75) is 40.0 Å². The van der Waals surface area contributed by atoms with E-state index in [2.05, 4.69) is 10.3 Å². The second-order valence-electron chi connectivity index (χ2n) is 5.77. The summed E-state index contributed by atoms with van der Waals surface area (Å²) in [6, 6.07) is 0. The van der Waals surface area contributed by atoms with Gasteiger partial charge in [0.15, 0.2) is 5.78 Å². The number of aromatic amines is 1. The van der Waals surface area contributed by atoms with E-state index in [0.29, 0.717) is 35.5 Å². The highest BCUT2D eigenvalue weighted by Gasteiger charge is 2.21. The molecule has 0 radical (unpaired) electrons. The maximum absolute atomic E-state index is 12.2. The normalized spacial score (nSPS) is 14.2. The smallest absolute Gasteiger partial charge is 0.268 e.